The molecular formula is C15H29N. The van der Waals surface area contributed by atoms with Crippen molar-refractivity contribution in [2.24, 2.45) is 5.92 Å². The van der Waals surface area contributed by atoms with Crippen LogP contribution >= 0.6 is 0 Å². The molecule has 1 aliphatic rings. The van der Waals surface area contributed by atoms with Gasteiger partial charge in [-0.1, -0.05) is 45.3 Å². The van der Waals surface area contributed by atoms with Crippen molar-refractivity contribution in [1.82, 2.24) is 4.90 Å². The molecule has 0 amide bonds. The molecule has 0 N–H and O–H groups in total. The number of likely N-dealkylation sites (tertiary alicyclic amines) is 1. The summed E-state index contributed by atoms with van der Waals surface area (Å²) in [6.07, 6.45) is 10.5. The molecule has 1 heterocycles. The third kappa shape index (κ3) is 4.29. The van der Waals surface area contributed by atoms with Crippen LogP contribution in [-0.4, -0.2) is 24.5 Å². The molecule has 0 aromatic carbocycles. The summed E-state index contributed by atoms with van der Waals surface area (Å²) >= 11 is 0. The van der Waals surface area contributed by atoms with E-state index in [0.717, 1.165) is 5.92 Å². The van der Waals surface area contributed by atoms with E-state index in [1.807, 2.05) is 0 Å². The molecule has 0 radical (unpaired) electrons. The van der Waals surface area contributed by atoms with Crippen molar-refractivity contribution in [3.8, 4) is 0 Å². The third-order valence-corrected chi connectivity index (χ3v) is 3.79. The van der Waals surface area contributed by atoms with E-state index in [4.69, 9.17) is 0 Å². The largest absolute Gasteiger partial charge is 0.304 e. The summed E-state index contributed by atoms with van der Waals surface area (Å²) in [5.74, 6) is 0.897. The van der Waals surface area contributed by atoms with Gasteiger partial charge in [0, 0.05) is 0 Å². The average molecular weight is 223 g/mol. The second-order valence-corrected chi connectivity index (χ2v) is 5.03. The summed E-state index contributed by atoms with van der Waals surface area (Å²) < 4.78 is 0. The molecule has 1 heteroatoms. The molecule has 1 nitrogen and oxygen atoms in total. The monoisotopic (exact) mass is 223 g/mol. The fourth-order valence-electron chi connectivity index (χ4n) is 2.71. The molecule has 0 aliphatic carbocycles. The Labute approximate surface area is 102 Å². The fraction of sp³-hybridized carbons (Fsp3) is 0.867. The minimum atomic E-state index is 0.897. The Balaban J connectivity index is 2.46. The molecule has 0 aromatic heterocycles. The van der Waals surface area contributed by atoms with Crippen molar-refractivity contribution in [2.45, 2.75) is 59.3 Å². The quantitative estimate of drug-likeness (QED) is 0.609. The maximum atomic E-state index is 2.58. The van der Waals surface area contributed by atoms with Crippen molar-refractivity contribution in [2.75, 3.05) is 19.6 Å². The van der Waals surface area contributed by atoms with Crippen LogP contribution < -0.4 is 0 Å². The lowest BCUT2D eigenvalue weighted by Gasteiger charge is -2.32. The van der Waals surface area contributed by atoms with Crippen LogP contribution in [-0.2, 0) is 0 Å². The highest BCUT2D eigenvalue weighted by molar-refractivity contribution is 5.08. The molecule has 1 rings (SSSR count). The van der Waals surface area contributed by atoms with Crippen molar-refractivity contribution in [1.29, 1.82) is 0 Å². The van der Waals surface area contributed by atoms with Gasteiger partial charge >= 0.3 is 0 Å². The standard InChI is InChI=1S/C15H29N/c1-4-7-9-14(8-5-2)15-10-12-16(6-3)13-11-15/h9,15H,4-8,10-13H2,1-3H3. The Kier molecular flexibility index (Phi) is 6.79. The first-order chi connectivity index (χ1) is 7.81. The Hall–Kier alpha value is -0.300. The number of unbranched alkanes of at least 4 members (excludes halogenated alkanes) is 1. The van der Waals surface area contributed by atoms with Crippen LogP contribution in [0.5, 0.6) is 0 Å². The molecule has 0 aromatic rings. The number of nitrogens with zero attached hydrogens (tertiary/aromatic N) is 1. The predicted octanol–water partition coefficient (Wildman–Crippen LogP) is 4.24. The van der Waals surface area contributed by atoms with Gasteiger partial charge in [-0.15, -0.1) is 0 Å². The van der Waals surface area contributed by atoms with Gasteiger partial charge in [0.1, 0.15) is 0 Å². The van der Waals surface area contributed by atoms with E-state index >= 15 is 0 Å². The molecule has 0 atom stereocenters. The van der Waals surface area contributed by atoms with Gasteiger partial charge in [0.25, 0.3) is 0 Å². The summed E-state index contributed by atoms with van der Waals surface area (Å²) in [6, 6.07) is 0. The van der Waals surface area contributed by atoms with Crippen LogP contribution in [0.2, 0.25) is 0 Å². The van der Waals surface area contributed by atoms with Crippen LogP contribution in [0, 0.1) is 5.92 Å². The topological polar surface area (TPSA) is 3.24 Å². The molecule has 0 saturated carbocycles. The highest BCUT2D eigenvalue weighted by Gasteiger charge is 2.20. The van der Waals surface area contributed by atoms with Gasteiger partial charge in [-0.05, 0) is 51.2 Å². The molecule has 1 saturated heterocycles. The molecule has 1 fully saturated rings. The number of rotatable bonds is 6. The number of allylic oxidation sites excluding steroid dienone is 2. The first-order valence-electron chi connectivity index (χ1n) is 7.23. The second kappa shape index (κ2) is 7.89. The van der Waals surface area contributed by atoms with E-state index in [0.29, 0.717) is 0 Å². The highest BCUT2D eigenvalue weighted by Crippen LogP contribution is 2.28. The van der Waals surface area contributed by atoms with Gasteiger partial charge in [-0.2, -0.15) is 0 Å². The lowest BCUT2D eigenvalue weighted by Crippen LogP contribution is -2.34. The maximum absolute atomic E-state index is 2.58. The Morgan fingerprint density at radius 2 is 1.81 bits per heavy atom. The molecule has 1 aliphatic heterocycles. The Bertz CT molecular complexity index is 199. The zero-order valence-corrected chi connectivity index (χ0v) is 11.5. The van der Waals surface area contributed by atoms with Crippen molar-refractivity contribution in [3.05, 3.63) is 11.6 Å². The fourth-order valence-corrected chi connectivity index (χ4v) is 2.71. The van der Waals surface area contributed by atoms with Gasteiger partial charge in [-0.25, -0.2) is 0 Å². The van der Waals surface area contributed by atoms with Gasteiger partial charge in [0.2, 0.25) is 0 Å². The van der Waals surface area contributed by atoms with E-state index in [1.54, 1.807) is 5.57 Å². The summed E-state index contributed by atoms with van der Waals surface area (Å²) in [5.41, 5.74) is 1.76. The summed E-state index contributed by atoms with van der Waals surface area (Å²) in [5, 5.41) is 0. The SMILES string of the molecule is CCCC=C(CCC)C1CCN(CC)CC1. The Morgan fingerprint density at radius 3 is 2.31 bits per heavy atom. The number of piperidine rings is 1. The third-order valence-electron chi connectivity index (χ3n) is 3.79. The first-order valence-corrected chi connectivity index (χ1v) is 7.23. The van der Waals surface area contributed by atoms with Crippen molar-refractivity contribution >= 4 is 0 Å². The molecule has 0 bridgehead atoms. The normalized spacial score (nSPS) is 20.3. The lowest BCUT2D eigenvalue weighted by molar-refractivity contribution is 0.206. The highest BCUT2D eigenvalue weighted by atomic mass is 15.1. The minimum Gasteiger partial charge on any atom is -0.304 e. The Morgan fingerprint density at radius 1 is 1.12 bits per heavy atom. The van der Waals surface area contributed by atoms with Crippen molar-refractivity contribution in [3.63, 3.8) is 0 Å². The zero-order valence-electron chi connectivity index (χ0n) is 11.5. The van der Waals surface area contributed by atoms with Crippen LogP contribution in [0.3, 0.4) is 0 Å². The molecule has 0 unspecified atom stereocenters. The maximum Gasteiger partial charge on any atom is -0.00131 e. The van der Waals surface area contributed by atoms with Crippen LogP contribution in [0.1, 0.15) is 59.3 Å². The number of hydrogen-bond acceptors (Lipinski definition) is 1. The first kappa shape index (κ1) is 13.8. The van der Waals surface area contributed by atoms with Gasteiger partial charge < -0.3 is 4.90 Å². The molecule has 16 heavy (non-hydrogen) atoms. The summed E-state index contributed by atoms with van der Waals surface area (Å²) in [7, 11) is 0. The average Bonchev–Trinajstić information content (AvgIpc) is 2.35. The smallest absolute Gasteiger partial charge is 0.00131 e. The van der Waals surface area contributed by atoms with Gasteiger partial charge in [0.05, 0.1) is 0 Å². The predicted molar refractivity (Wildman–Crippen MR) is 72.7 cm³/mol. The summed E-state index contributed by atoms with van der Waals surface area (Å²) in [6.45, 7) is 10.7. The molecule has 94 valence electrons. The van der Waals surface area contributed by atoms with Crippen LogP contribution in [0.25, 0.3) is 0 Å². The second-order valence-electron chi connectivity index (χ2n) is 5.03. The summed E-state index contributed by atoms with van der Waals surface area (Å²) in [4.78, 5) is 2.58. The van der Waals surface area contributed by atoms with E-state index in [1.165, 1.54) is 58.2 Å². The van der Waals surface area contributed by atoms with Crippen LogP contribution in [0.15, 0.2) is 11.6 Å². The zero-order chi connectivity index (χ0) is 11.8. The van der Waals surface area contributed by atoms with Crippen LogP contribution in [0.4, 0.5) is 0 Å². The van der Waals surface area contributed by atoms with Gasteiger partial charge in [0.15, 0.2) is 0 Å². The van der Waals surface area contributed by atoms with Crippen molar-refractivity contribution < 1.29 is 0 Å². The van der Waals surface area contributed by atoms with E-state index in [2.05, 4.69) is 31.7 Å². The minimum absolute atomic E-state index is 0.897. The van der Waals surface area contributed by atoms with Gasteiger partial charge in [-0.3, -0.25) is 0 Å². The molecule has 0 spiro atoms. The lowest BCUT2D eigenvalue weighted by atomic mass is 9.86. The molecular weight excluding hydrogens is 194 g/mol. The van der Waals surface area contributed by atoms with E-state index < -0.39 is 0 Å². The number of hydrogen-bond donors (Lipinski definition) is 0. The van der Waals surface area contributed by atoms with E-state index in [9.17, 15) is 0 Å². The van der Waals surface area contributed by atoms with E-state index in [-0.39, 0.29) is 0 Å².